The minimum absolute atomic E-state index is 0.320. The summed E-state index contributed by atoms with van der Waals surface area (Å²) in [5, 5.41) is 45.0. The van der Waals surface area contributed by atoms with Crippen molar-refractivity contribution >= 4 is 97.8 Å². The lowest BCUT2D eigenvalue weighted by molar-refractivity contribution is -0.169. The molecule has 10 atom stereocenters. The van der Waals surface area contributed by atoms with Gasteiger partial charge in [0, 0.05) is 25.5 Å². The van der Waals surface area contributed by atoms with Crippen LogP contribution in [0, 0.1) is 5.92 Å². The Morgan fingerprint density at radius 1 is 0.686 bits per heavy atom. The fourth-order valence-corrected chi connectivity index (χ4v) is 22.7. The number of hydrogen-bond donors (Lipinski definition) is 5. The highest BCUT2D eigenvalue weighted by atomic mass is 33.5. The number of carbonyl (C=O) groups is 4. The fourth-order valence-electron chi connectivity index (χ4n) is 10.5. The predicted molar refractivity (Wildman–Crippen MR) is 201 cm³/mol. The average Bonchev–Trinajstić information content (AvgIpc) is 3.64. The average molecular weight is 805 g/mol. The molecule has 10 aliphatic rings. The first kappa shape index (κ1) is 33.5. The highest BCUT2D eigenvalue weighted by Gasteiger charge is 2.92. The van der Waals surface area contributed by atoms with Crippen molar-refractivity contribution in [2.75, 3.05) is 31.3 Å². The Hall–Kier alpha value is -2.10. The second-order valence-electron chi connectivity index (χ2n) is 14.5. The molecule has 2 spiro atoms. The molecule has 8 saturated heterocycles. The molecule has 12 rings (SSSR count). The standard InChI is InChI=1S/C32H32N6O7S6/c1-14(2)30-26(45)38-22-29(16-10-6-8-12-18(16)34-22,20(41)32(38,49-51-47-30)25(44)36(30)4)28-15-9-5-7-11-17(15)33-21(28)37-23(42)27(13-39)35(3)24(43)31(37,19(28)40)48-50-46-27/h5-12,14,19-22,33-34,39-41H,13H2,1-4H3/t19?,20?,21-,22+,27+,28?,29+,30+,31?,32?/m0/s1. The number of likely N-dealkylation sites (N-methyl/N-ethyl adjacent to an activating group) is 2. The lowest BCUT2D eigenvalue weighted by Crippen LogP contribution is -2.75. The molecule has 4 bridgehead atoms. The molecule has 5 N–H and O–H groups in total. The molecule has 10 aliphatic heterocycles. The van der Waals surface area contributed by atoms with Crippen molar-refractivity contribution in [1.29, 1.82) is 0 Å². The minimum atomic E-state index is -1.92. The van der Waals surface area contributed by atoms with Crippen LogP contribution in [0.15, 0.2) is 48.5 Å². The first-order valence-electron chi connectivity index (χ1n) is 16.3. The topological polar surface area (TPSA) is 166 Å². The normalized spacial score (nSPS) is 44.2. The molecule has 2 aromatic rings. The lowest BCUT2D eigenvalue weighted by atomic mass is 9.52. The number of piperazine rings is 2. The van der Waals surface area contributed by atoms with Crippen molar-refractivity contribution in [3.05, 3.63) is 59.7 Å². The minimum Gasteiger partial charge on any atom is -0.392 e. The van der Waals surface area contributed by atoms with Crippen molar-refractivity contribution in [1.82, 2.24) is 19.6 Å². The molecule has 51 heavy (non-hydrogen) atoms. The lowest BCUT2D eigenvalue weighted by Gasteiger charge is -2.52. The van der Waals surface area contributed by atoms with Crippen LogP contribution in [-0.2, 0) is 30.0 Å². The van der Waals surface area contributed by atoms with Gasteiger partial charge in [-0.3, -0.25) is 29.0 Å². The van der Waals surface area contributed by atoms with Crippen LogP contribution in [0.2, 0.25) is 0 Å². The maximum absolute atomic E-state index is 15.4. The van der Waals surface area contributed by atoms with Crippen LogP contribution >= 0.6 is 62.8 Å². The van der Waals surface area contributed by atoms with Gasteiger partial charge in [-0.1, -0.05) is 50.2 Å². The van der Waals surface area contributed by atoms with Gasteiger partial charge in [-0.2, -0.15) is 0 Å². The van der Waals surface area contributed by atoms with Gasteiger partial charge in [-0.15, -0.1) is 0 Å². The van der Waals surface area contributed by atoms with E-state index in [4.69, 9.17) is 0 Å². The summed E-state index contributed by atoms with van der Waals surface area (Å²) in [7, 11) is 10.1. The zero-order valence-corrected chi connectivity index (χ0v) is 32.3. The number of aliphatic hydroxyl groups is 3. The first-order valence-corrected chi connectivity index (χ1v) is 23.3. The van der Waals surface area contributed by atoms with E-state index in [2.05, 4.69) is 10.6 Å². The summed E-state index contributed by atoms with van der Waals surface area (Å²) in [6, 6.07) is 14.6. The monoisotopic (exact) mass is 804 g/mol. The quantitative estimate of drug-likeness (QED) is 0.287. The highest BCUT2D eigenvalue weighted by molar-refractivity contribution is 9.10. The number of rotatable bonds is 3. The molecule has 0 radical (unpaired) electrons. The third-order valence-electron chi connectivity index (χ3n) is 12.7. The summed E-state index contributed by atoms with van der Waals surface area (Å²) < 4.78 is 0. The number of benzene rings is 2. The molecule has 8 fully saturated rings. The number of nitrogens with one attached hydrogen (secondary N) is 2. The van der Waals surface area contributed by atoms with Crippen molar-refractivity contribution in [2.24, 2.45) is 5.92 Å². The molecule has 2 aromatic carbocycles. The second kappa shape index (κ2) is 10.1. The number of para-hydroxylation sites is 2. The molecule has 13 nitrogen and oxygen atoms in total. The Labute approximate surface area is 315 Å². The predicted octanol–water partition coefficient (Wildman–Crippen LogP) is 2.24. The molecule has 0 aliphatic carbocycles. The van der Waals surface area contributed by atoms with Gasteiger partial charge in [-0.05, 0) is 92.0 Å². The number of anilines is 2. The van der Waals surface area contributed by atoms with Gasteiger partial charge < -0.3 is 35.8 Å². The Kier molecular flexibility index (Phi) is 6.66. The molecule has 0 aromatic heterocycles. The van der Waals surface area contributed by atoms with Gasteiger partial charge in [0.05, 0.1) is 17.4 Å². The summed E-state index contributed by atoms with van der Waals surface area (Å²) in [5.41, 5.74) is -1.21. The molecule has 5 unspecified atom stereocenters. The maximum Gasteiger partial charge on any atom is 0.265 e. The van der Waals surface area contributed by atoms with Crippen LogP contribution in [0.3, 0.4) is 0 Å². The SMILES string of the molecule is CC(C)[C@]12SSSC3(C(=O)N1C)C(O)[C@]1(C45c6ccccc6N[C@H]4N4C(=O)[C@@]6(CO)SSSC4(C(=O)N6C)C5O)c4ccccc4N[C@@H]1N3C2=O. The highest BCUT2D eigenvalue weighted by Crippen LogP contribution is 2.78. The molecule has 268 valence electrons. The van der Waals surface area contributed by atoms with Crippen LogP contribution in [0.5, 0.6) is 0 Å². The van der Waals surface area contributed by atoms with E-state index < -0.39 is 79.2 Å². The largest absolute Gasteiger partial charge is 0.392 e. The van der Waals surface area contributed by atoms with Gasteiger partial charge in [0.15, 0.2) is 4.87 Å². The van der Waals surface area contributed by atoms with Crippen LogP contribution < -0.4 is 10.6 Å². The Bertz CT molecular complexity index is 2020. The zero-order chi connectivity index (χ0) is 35.8. The summed E-state index contributed by atoms with van der Waals surface area (Å²) >= 11 is 0. The third kappa shape index (κ3) is 3.05. The zero-order valence-electron chi connectivity index (χ0n) is 27.4. The van der Waals surface area contributed by atoms with E-state index in [-0.39, 0.29) is 11.8 Å². The molecular formula is C32H32N6O7S6. The van der Waals surface area contributed by atoms with Crippen LogP contribution in [0.4, 0.5) is 11.4 Å². The van der Waals surface area contributed by atoms with Crippen molar-refractivity contribution < 1.29 is 34.5 Å². The number of nitrogens with zero attached hydrogens (tertiary/aromatic N) is 4. The summed E-state index contributed by atoms with van der Waals surface area (Å²) in [6.45, 7) is 3.13. The maximum atomic E-state index is 15.4. The van der Waals surface area contributed by atoms with E-state index >= 15 is 14.4 Å². The van der Waals surface area contributed by atoms with Gasteiger partial charge in [0.25, 0.3) is 23.6 Å². The van der Waals surface area contributed by atoms with Crippen molar-refractivity contribution in [3.8, 4) is 0 Å². The molecule has 10 heterocycles. The molecule has 0 saturated carbocycles. The van der Waals surface area contributed by atoms with Crippen molar-refractivity contribution in [2.45, 2.75) is 68.7 Å². The fraction of sp³-hybridized carbons (Fsp3) is 0.500. The number of aliphatic hydroxyl groups excluding tert-OH is 3. The Morgan fingerprint density at radius 3 is 1.67 bits per heavy atom. The first-order chi connectivity index (χ1) is 24.3. The van der Waals surface area contributed by atoms with Crippen LogP contribution in [-0.4, -0.2) is 123 Å². The van der Waals surface area contributed by atoms with Crippen LogP contribution in [0.25, 0.3) is 0 Å². The number of amides is 4. The number of hydrogen-bond acceptors (Lipinski definition) is 15. The van der Waals surface area contributed by atoms with E-state index in [1.54, 1.807) is 13.1 Å². The number of carbonyl (C=O) groups excluding carboxylic acids is 4. The van der Waals surface area contributed by atoms with Gasteiger partial charge in [-0.25, -0.2) is 0 Å². The van der Waals surface area contributed by atoms with E-state index in [1.165, 1.54) is 47.3 Å². The number of fused-ring (bicyclic) bond motifs is 13. The summed E-state index contributed by atoms with van der Waals surface area (Å²) in [6.07, 6.45) is -5.64. The van der Waals surface area contributed by atoms with E-state index in [1.807, 2.05) is 56.3 Å². The third-order valence-corrected chi connectivity index (χ3v) is 23.1. The second-order valence-corrected chi connectivity index (χ2v) is 23.2. The van der Waals surface area contributed by atoms with Gasteiger partial charge in [0.2, 0.25) is 14.6 Å². The Balaban J connectivity index is 1.34. The van der Waals surface area contributed by atoms with Crippen molar-refractivity contribution in [3.63, 3.8) is 0 Å². The Morgan fingerprint density at radius 2 is 1.16 bits per heavy atom. The van der Waals surface area contributed by atoms with Gasteiger partial charge in [0.1, 0.15) is 24.5 Å². The summed E-state index contributed by atoms with van der Waals surface area (Å²) in [5.74, 6) is -2.26. The smallest absolute Gasteiger partial charge is 0.265 e. The van der Waals surface area contributed by atoms with E-state index in [9.17, 15) is 20.1 Å². The summed E-state index contributed by atoms with van der Waals surface area (Å²) in [4.78, 5) is 59.3. The van der Waals surface area contributed by atoms with E-state index in [0.717, 1.165) is 42.2 Å². The molecule has 19 heteroatoms. The van der Waals surface area contributed by atoms with Crippen LogP contribution in [0.1, 0.15) is 25.0 Å². The molecule has 4 amide bonds. The van der Waals surface area contributed by atoms with Gasteiger partial charge >= 0.3 is 0 Å². The van der Waals surface area contributed by atoms with E-state index in [0.29, 0.717) is 22.5 Å². The molecular weight excluding hydrogens is 773 g/mol.